The summed E-state index contributed by atoms with van der Waals surface area (Å²) in [4.78, 5) is 2.06. The minimum absolute atomic E-state index is 0.566. The predicted molar refractivity (Wildman–Crippen MR) is 90.4 cm³/mol. The van der Waals surface area contributed by atoms with Gasteiger partial charge in [0.05, 0.1) is 11.9 Å². The first-order chi connectivity index (χ1) is 11.0. The van der Waals surface area contributed by atoms with Crippen molar-refractivity contribution in [3.63, 3.8) is 0 Å². The minimum atomic E-state index is 0.566. The van der Waals surface area contributed by atoms with Crippen molar-refractivity contribution in [2.45, 2.75) is 13.8 Å². The molecule has 0 aliphatic carbocycles. The first-order valence-corrected chi connectivity index (χ1v) is 7.30. The highest BCUT2D eigenvalue weighted by Gasteiger charge is 2.10. The van der Waals surface area contributed by atoms with E-state index in [0.717, 1.165) is 22.6 Å². The molecule has 0 fully saturated rings. The van der Waals surface area contributed by atoms with Crippen LogP contribution in [0, 0.1) is 13.8 Å². The summed E-state index contributed by atoms with van der Waals surface area (Å²) in [7, 11) is 4.03. The second kappa shape index (κ2) is 6.04. The monoisotopic (exact) mass is 309 g/mol. The van der Waals surface area contributed by atoms with Gasteiger partial charge in [0.15, 0.2) is 0 Å². The molecule has 0 amide bonds. The van der Waals surface area contributed by atoms with Gasteiger partial charge in [-0.1, -0.05) is 12.1 Å². The first-order valence-electron chi connectivity index (χ1n) is 7.30. The Balaban J connectivity index is 1.86. The quantitative estimate of drug-likeness (QED) is 0.692. The molecule has 0 aliphatic heterocycles. The van der Waals surface area contributed by atoms with Crippen molar-refractivity contribution >= 4 is 11.9 Å². The average Bonchev–Trinajstić information content (AvgIpc) is 3.11. The summed E-state index contributed by atoms with van der Waals surface area (Å²) in [6, 6.07) is 10.1. The van der Waals surface area contributed by atoms with Crippen molar-refractivity contribution < 1.29 is 0 Å². The van der Waals surface area contributed by atoms with Crippen LogP contribution in [0.4, 0.5) is 5.69 Å². The highest BCUT2D eigenvalue weighted by Crippen LogP contribution is 2.12. The van der Waals surface area contributed by atoms with E-state index in [1.165, 1.54) is 0 Å². The summed E-state index contributed by atoms with van der Waals surface area (Å²) < 4.78 is 3.34. The number of aryl methyl sites for hydroxylation is 2. The predicted octanol–water partition coefficient (Wildman–Crippen LogP) is 2.03. The maximum Gasteiger partial charge on any atom is 0.273 e. The van der Waals surface area contributed by atoms with Crippen LogP contribution in [0.1, 0.15) is 17.0 Å². The van der Waals surface area contributed by atoms with E-state index >= 15 is 0 Å². The Labute approximate surface area is 134 Å². The molecule has 0 atom stereocenters. The lowest BCUT2D eigenvalue weighted by Gasteiger charge is -2.11. The number of hydrogen-bond acceptors (Lipinski definition) is 5. The van der Waals surface area contributed by atoms with Crippen LogP contribution in [0.3, 0.4) is 0 Å². The van der Waals surface area contributed by atoms with Crippen LogP contribution >= 0.6 is 0 Å². The number of rotatable bonds is 4. The van der Waals surface area contributed by atoms with Crippen molar-refractivity contribution in [3.05, 3.63) is 53.6 Å². The maximum absolute atomic E-state index is 4.43. The van der Waals surface area contributed by atoms with E-state index in [1.54, 1.807) is 21.9 Å². The van der Waals surface area contributed by atoms with E-state index in [9.17, 15) is 0 Å². The van der Waals surface area contributed by atoms with Crippen LogP contribution < -0.4 is 4.90 Å². The van der Waals surface area contributed by atoms with E-state index in [0.29, 0.717) is 5.95 Å². The Bertz CT molecular complexity index is 824. The van der Waals surface area contributed by atoms with Gasteiger partial charge in [0.2, 0.25) is 0 Å². The minimum Gasteiger partial charge on any atom is -0.378 e. The van der Waals surface area contributed by atoms with Crippen LogP contribution in [0.2, 0.25) is 0 Å². The number of nitrogens with zero attached hydrogens (tertiary/aromatic N) is 7. The molecule has 2 heterocycles. The van der Waals surface area contributed by atoms with Crippen LogP contribution in [-0.2, 0) is 0 Å². The summed E-state index contributed by atoms with van der Waals surface area (Å²) >= 11 is 0. The molecule has 23 heavy (non-hydrogen) atoms. The van der Waals surface area contributed by atoms with Crippen molar-refractivity contribution in [2.24, 2.45) is 5.10 Å². The van der Waals surface area contributed by atoms with Crippen molar-refractivity contribution in [3.8, 4) is 5.95 Å². The Morgan fingerprint density at radius 3 is 2.48 bits per heavy atom. The van der Waals surface area contributed by atoms with Crippen molar-refractivity contribution in [1.82, 2.24) is 24.7 Å². The molecule has 0 aliphatic rings. The third-order valence-electron chi connectivity index (χ3n) is 3.45. The highest BCUT2D eigenvalue weighted by molar-refractivity contribution is 5.80. The number of aromatic nitrogens is 5. The Kier molecular flexibility index (Phi) is 3.92. The molecule has 0 N–H and O–H groups in total. The van der Waals surface area contributed by atoms with E-state index in [2.05, 4.69) is 37.4 Å². The Morgan fingerprint density at radius 1 is 1.13 bits per heavy atom. The summed E-state index contributed by atoms with van der Waals surface area (Å²) in [6.07, 6.45) is 3.34. The van der Waals surface area contributed by atoms with Crippen LogP contribution in [0.15, 0.2) is 41.8 Å². The summed E-state index contributed by atoms with van der Waals surface area (Å²) in [5, 5.41) is 16.9. The molecule has 0 unspecified atom stereocenters. The molecule has 3 rings (SSSR count). The molecule has 1 aromatic carbocycles. The summed E-state index contributed by atoms with van der Waals surface area (Å²) in [5.74, 6) is 0.566. The lowest BCUT2D eigenvalue weighted by atomic mass is 10.2. The topological polar surface area (TPSA) is 64.1 Å². The average molecular weight is 309 g/mol. The molecule has 0 spiro atoms. The van der Waals surface area contributed by atoms with Gasteiger partial charge in [-0.2, -0.15) is 14.9 Å². The van der Waals surface area contributed by atoms with E-state index < -0.39 is 0 Å². The molecular formula is C16H19N7. The fourth-order valence-electron chi connectivity index (χ4n) is 2.26. The lowest BCUT2D eigenvalue weighted by molar-refractivity contribution is 0.717. The fourth-order valence-corrected chi connectivity index (χ4v) is 2.26. The van der Waals surface area contributed by atoms with Gasteiger partial charge in [-0.15, -0.1) is 10.2 Å². The van der Waals surface area contributed by atoms with Crippen molar-refractivity contribution in [2.75, 3.05) is 19.0 Å². The molecule has 7 heteroatoms. The first kappa shape index (κ1) is 15.0. The van der Waals surface area contributed by atoms with Crippen LogP contribution in [-0.4, -0.2) is 45.0 Å². The van der Waals surface area contributed by atoms with Gasteiger partial charge in [-0.25, -0.2) is 4.68 Å². The maximum atomic E-state index is 4.43. The molecule has 0 radical (unpaired) electrons. The number of anilines is 1. The molecular weight excluding hydrogens is 290 g/mol. The molecule has 7 nitrogen and oxygen atoms in total. The third-order valence-corrected chi connectivity index (χ3v) is 3.45. The molecule has 0 saturated carbocycles. The third kappa shape index (κ3) is 3.13. The smallest absolute Gasteiger partial charge is 0.273 e. The molecule has 2 aromatic heterocycles. The van der Waals surface area contributed by atoms with Gasteiger partial charge in [-0.05, 0) is 37.6 Å². The van der Waals surface area contributed by atoms with Gasteiger partial charge < -0.3 is 4.90 Å². The Morgan fingerprint density at radius 2 is 1.87 bits per heavy atom. The molecule has 0 bridgehead atoms. The molecule has 0 saturated heterocycles. The molecule has 118 valence electrons. The largest absolute Gasteiger partial charge is 0.378 e. The van der Waals surface area contributed by atoms with Crippen LogP contribution in [0.25, 0.3) is 5.95 Å². The van der Waals surface area contributed by atoms with Gasteiger partial charge in [0.1, 0.15) is 6.33 Å². The SMILES string of the molecule is Cc1cc(C)n(-c2nncn2/N=C/c2ccc(N(C)C)cc2)n1. The Hall–Kier alpha value is -2.96. The van der Waals surface area contributed by atoms with E-state index in [1.807, 2.05) is 46.1 Å². The van der Waals surface area contributed by atoms with E-state index in [-0.39, 0.29) is 0 Å². The normalized spacial score (nSPS) is 11.3. The lowest BCUT2D eigenvalue weighted by Crippen LogP contribution is -2.08. The fraction of sp³-hybridized carbons (Fsp3) is 0.250. The summed E-state index contributed by atoms with van der Waals surface area (Å²) in [6.45, 7) is 3.92. The van der Waals surface area contributed by atoms with Crippen LogP contribution in [0.5, 0.6) is 0 Å². The zero-order valence-electron chi connectivity index (χ0n) is 13.7. The molecule has 3 aromatic rings. The summed E-state index contributed by atoms with van der Waals surface area (Å²) in [5.41, 5.74) is 4.07. The standard InChI is InChI=1S/C16H19N7/c1-12-9-13(2)23(20-12)16-19-17-11-22(16)18-10-14-5-7-15(8-6-14)21(3)4/h5-11H,1-4H3/b18-10+. The van der Waals surface area contributed by atoms with Gasteiger partial charge >= 0.3 is 0 Å². The van der Waals surface area contributed by atoms with Gasteiger partial charge in [-0.3, -0.25) is 0 Å². The number of benzene rings is 1. The second-order valence-electron chi connectivity index (χ2n) is 5.54. The van der Waals surface area contributed by atoms with E-state index in [4.69, 9.17) is 0 Å². The van der Waals surface area contributed by atoms with Crippen molar-refractivity contribution in [1.29, 1.82) is 0 Å². The second-order valence-corrected chi connectivity index (χ2v) is 5.54. The highest BCUT2D eigenvalue weighted by atomic mass is 15.5. The number of hydrogen-bond donors (Lipinski definition) is 0. The zero-order chi connectivity index (χ0) is 16.4. The zero-order valence-corrected chi connectivity index (χ0v) is 13.7. The van der Waals surface area contributed by atoms with Gasteiger partial charge in [0, 0.05) is 25.5 Å². The van der Waals surface area contributed by atoms with Gasteiger partial charge in [0.25, 0.3) is 5.95 Å².